The molecule has 0 bridgehead atoms. The van der Waals surface area contributed by atoms with Gasteiger partial charge in [0.15, 0.2) is 0 Å². The minimum atomic E-state index is -0.655. The van der Waals surface area contributed by atoms with E-state index >= 15 is 0 Å². The van der Waals surface area contributed by atoms with Crippen LogP contribution in [0.2, 0.25) is 0 Å². The van der Waals surface area contributed by atoms with Crippen molar-refractivity contribution in [2.45, 2.75) is 0 Å². The summed E-state index contributed by atoms with van der Waals surface area (Å²) in [7, 11) is 1.24. The standard InChI is InChI=1S/C9H10N2O3/c1-14-9(13)11(10)6-7-2-4-8(12)5-3-7/h2-6H,10H2,1H3/p+1. The molecule has 14 heavy (non-hydrogen) atoms. The number of phenols is 1. The highest BCUT2D eigenvalue weighted by atomic mass is 16.5. The van der Waals surface area contributed by atoms with Crippen LogP contribution in [0.4, 0.5) is 4.79 Å². The number of carbonyl (C=O) groups is 1. The number of methoxy groups -OCH3 is 1. The van der Waals surface area contributed by atoms with E-state index in [9.17, 15) is 4.79 Å². The highest BCUT2D eigenvalue weighted by Gasteiger charge is 2.13. The van der Waals surface area contributed by atoms with Crippen LogP contribution in [0.5, 0.6) is 5.75 Å². The second-order valence-corrected chi connectivity index (χ2v) is 2.60. The van der Waals surface area contributed by atoms with Gasteiger partial charge >= 0.3 is 6.09 Å². The van der Waals surface area contributed by atoms with Crippen molar-refractivity contribution >= 4 is 12.3 Å². The van der Waals surface area contributed by atoms with Gasteiger partial charge in [0.05, 0.1) is 7.11 Å². The predicted molar refractivity (Wildman–Crippen MR) is 50.1 cm³/mol. The molecule has 0 aliphatic carbocycles. The lowest BCUT2D eigenvalue weighted by atomic mass is 10.2. The Morgan fingerprint density at radius 3 is 2.57 bits per heavy atom. The first-order chi connectivity index (χ1) is 6.63. The lowest BCUT2D eigenvalue weighted by Gasteiger charge is -1.93. The fourth-order valence-corrected chi connectivity index (χ4v) is 0.879. The van der Waals surface area contributed by atoms with Gasteiger partial charge in [0.1, 0.15) is 5.75 Å². The summed E-state index contributed by atoms with van der Waals surface area (Å²) in [5, 5.41) is 9.00. The van der Waals surface area contributed by atoms with Crippen molar-refractivity contribution in [2.75, 3.05) is 7.11 Å². The molecule has 0 saturated heterocycles. The molecule has 3 N–H and O–H groups in total. The average molecular weight is 195 g/mol. The Bertz CT molecular complexity index is 357. The molecule has 0 spiro atoms. The van der Waals surface area contributed by atoms with Crippen molar-refractivity contribution in [2.24, 2.45) is 5.84 Å². The molecule has 1 aromatic carbocycles. The molecule has 0 heterocycles. The molecule has 0 aliphatic heterocycles. The third-order valence-electron chi connectivity index (χ3n) is 1.57. The predicted octanol–water partition coefficient (Wildman–Crippen LogP) is 0.464. The number of hydrazine groups is 1. The molecule has 1 rings (SSSR count). The Morgan fingerprint density at radius 2 is 2.07 bits per heavy atom. The number of hydrogen-bond acceptors (Lipinski definition) is 4. The van der Waals surface area contributed by atoms with Crippen LogP contribution >= 0.6 is 0 Å². The second kappa shape index (κ2) is 4.27. The number of phenolic OH excluding ortho intramolecular Hbond substituents is 1. The van der Waals surface area contributed by atoms with Crippen LogP contribution in [0, 0.1) is 0 Å². The summed E-state index contributed by atoms with van der Waals surface area (Å²) in [5.41, 5.74) is 0.690. The molecule has 5 nitrogen and oxygen atoms in total. The molecule has 0 unspecified atom stereocenters. The highest BCUT2D eigenvalue weighted by Crippen LogP contribution is 2.07. The van der Waals surface area contributed by atoms with Gasteiger partial charge in [0, 0.05) is 5.56 Å². The van der Waals surface area contributed by atoms with E-state index < -0.39 is 6.09 Å². The Morgan fingerprint density at radius 1 is 1.50 bits per heavy atom. The van der Waals surface area contributed by atoms with Crippen LogP contribution in [0.15, 0.2) is 24.3 Å². The van der Waals surface area contributed by atoms with Crippen LogP contribution in [-0.4, -0.2) is 29.2 Å². The average Bonchev–Trinajstić information content (AvgIpc) is 2.20. The van der Waals surface area contributed by atoms with Crippen molar-refractivity contribution in [3.05, 3.63) is 29.8 Å². The monoisotopic (exact) mass is 195 g/mol. The van der Waals surface area contributed by atoms with Gasteiger partial charge < -0.3 is 9.84 Å². The highest BCUT2D eigenvalue weighted by molar-refractivity contribution is 5.79. The molecule has 0 atom stereocenters. The smallest absolute Gasteiger partial charge is 0.508 e. The molecular formula is C9H11N2O3+. The van der Waals surface area contributed by atoms with E-state index in [1.807, 2.05) is 0 Å². The molecule has 0 aromatic heterocycles. The van der Waals surface area contributed by atoms with Gasteiger partial charge in [0.2, 0.25) is 6.21 Å². The summed E-state index contributed by atoms with van der Waals surface area (Å²) in [6.45, 7) is 0. The van der Waals surface area contributed by atoms with Gasteiger partial charge in [-0.1, -0.05) is 0 Å². The number of nitrogens with zero attached hydrogens (tertiary/aromatic N) is 1. The van der Waals surface area contributed by atoms with Crippen LogP contribution in [0.25, 0.3) is 0 Å². The van der Waals surface area contributed by atoms with E-state index in [4.69, 9.17) is 10.9 Å². The summed E-state index contributed by atoms with van der Waals surface area (Å²) < 4.78 is 5.22. The lowest BCUT2D eigenvalue weighted by Crippen LogP contribution is -2.28. The summed E-state index contributed by atoms with van der Waals surface area (Å²) in [4.78, 5) is 10.9. The zero-order valence-electron chi connectivity index (χ0n) is 7.68. The quantitative estimate of drug-likeness (QED) is 0.224. The van der Waals surface area contributed by atoms with Crippen LogP contribution in [-0.2, 0) is 4.74 Å². The molecule has 0 radical (unpaired) electrons. The van der Waals surface area contributed by atoms with E-state index in [-0.39, 0.29) is 5.75 Å². The maximum atomic E-state index is 10.9. The third kappa shape index (κ3) is 2.48. The van der Waals surface area contributed by atoms with Crippen molar-refractivity contribution in [3.63, 3.8) is 0 Å². The fourth-order valence-electron chi connectivity index (χ4n) is 0.879. The first-order valence-electron chi connectivity index (χ1n) is 3.89. The van der Waals surface area contributed by atoms with E-state index in [0.717, 1.165) is 4.68 Å². The van der Waals surface area contributed by atoms with Crippen LogP contribution in [0.1, 0.15) is 5.56 Å². The number of hydrogen-bond donors (Lipinski definition) is 2. The van der Waals surface area contributed by atoms with Gasteiger partial charge in [-0.3, -0.25) is 0 Å². The minimum Gasteiger partial charge on any atom is -0.508 e. The van der Waals surface area contributed by atoms with E-state index in [2.05, 4.69) is 4.74 Å². The number of aromatic hydroxyl groups is 1. The number of benzene rings is 1. The normalized spacial score (nSPS) is 11.1. The molecule has 1 amide bonds. The Labute approximate surface area is 81.0 Å². The Hall–Kier alpha value is -2.04. The topological polar surface area (TPSA) is 75.6 Å². The van der Waals surface area contributed by atoms with Crippen molar-refractivity contribution in [1.29, 1.82) is 0 Å². The number of carbonyl (C=O) groups excluding carboxylic acids is 1. The van der Waals surface area contributed by atoms with Crippen molar-refractivity contribution in [1.82, 2.24) is 0 Å². The first-order valence-corrected chi connectivity index (χ1v) is 3.89. The molecule has 0 fully saturated rings. The maximum Gasteiger partial charge on any atom is 0.625 e. The summed E-state index contributed by atoms with van der Waals surface area (Å²) in [5.74, 6) is 5.49. The van der Waals surface area contributed by atoms with Gasteiger partial charge in [-0.05, 0) is 28.9 Å². The number of nitrogens with two attached hydrogens (primary N) is 1. The Kier molecular flexibility index (Phi) is 3.06. The molecular weight excluding hydrogens is 184 g/mol. The van der Waals surface area contributed by atoms with Crippen molar-refractivity contribution in [3.8, 4) is 5.75 Å². The number of ether oxygens (including phenoxy) is 1. The van der Waals surface area contributed by atoms with Gasteiger partial charge in [0.25, 0.3) is 0 Å². The van der Waals surface area contributed by atoms with Gasteiger partial charge in [-0.2, -0.15) is 10.6 Å². The zero-order chi connectivity index (χ0) is 10.6. The second-order valence-electron chi connectivity index (χ2n) is 2.60. The van der Waals surface area contributed by atoms with Crippen LogP contribution < -0.4 is 5.84 Å². The summed E-state index contributed by atoms with van der Waals surface area (Å²) >= 11 is 0. The fraction of sp³-hybridized carbons (Fsp3) is 0.111. The van der Waals surface area contributed by atoms with E-state index in [1.165, 1.54) is 25.5 Å². The SMILES string of the molecule is COC(=O)[N+](N)=Cc1ccc(O)cc1. The maximum absolute atomic E-state index is 10.9. The molecule has 1 aromatic rings. The van der Waals surface area contributed by atoms with Crippen molar-refractivity contribution < 1.29 is 19.3 Å². The lowest BCUT2D eigenvalue weighted by molar-refractivity contribution is -0.451. The number of amides is 1. The van der Waals surface area contributed by atoms with E-state index in [0.29, 0.717) is 5.56 Å². The third-order valence-corrected chi connectivity index (χ3v) is 1.57. The van der Waals surface area contributed by atoms with Gasteiger partial charge in [-0.15, -0.1) is 0 Å². The molecule has 0 saturated carbocycles. The largest absolute Gasteiger partial charge is 0.625 e. The minimum absolute atomic E-state index is 0.156. The molecule has 5 heteroatoms. The molecule has 74 valence electrons. The Balaban J connectivity index is 2.86. The number of rotatable bonds is 1. The zero-order valence-corrected chi connectivity index (χ0v) is 7.68. The van der Waals surface area contributed by atoms with Gasteiger partial charge in [-0.25, -0.2) is 0 Å². The summed E-state index contributed by atoms with van der Waals surface area (Å²) in [6, 6.07) is 6.24. The first kappa shape index (κ1) is 10.0. The summed E-state index contributed by atoms with van der Waals surface area (Å²) in [6.07, 6.45) is 0.740. The van der Waals surface area contributed by atoms with E-state index in [1.54, 1.807) is 12.1 Å². The number of hydrazone groups is 1. The van der Waals surface area contributed by atoms with Crippen LogP contribution in [0.3, 0.4) is 0 Å². The molecule has 0 aliphatic rings.